The summed E-state index contributed by atoms with van der Waals surface area (Å²) in [4.78, 5) is 0. The van der Waals surface area contributed by atoms with Crippen molar-refractivity contribution in [3.05, 3.63) is 0 Å². The fourth-order valence-electron chi connectivity index (χ4n) is 0.386. The van der Waals surface area contributed by atoms with Crippen LogP contribution < -0.4 is 0 Å². The summed E-state index contributed by atoms with van der Waals surface area (Å²) in [6, 6.07) is 0. The van der Waals surface area contributed by atoms with Crippen LogP contribution in [0.3, 0.4) is 0 Å². The summed E-state index contributed by atoms with van der Waals surface area (Å²) in [6.07, 6.45) is 2.01. The number of halogens is 2. The van der Waals surface area contributed by atoms with Gasteiger partial charge in [0.1, 0.15) is 0 Å². The summed E-state index contributed by atoms with van der Waals surface area (Å²) < 4.78 is 0. The van der Waals surface area contributed by atoms with Crippen LogP contribution in [0.25, 0.3) is 0 Å². The van der Waals surface area contributed by atoms with Crippen LogP contribution in [0.5, 0.6) is 0 Å². The van der Waals surface area contributed by atoms with Crippen LogP contribution in [-0.4, -0.2) is 10.2 Å². The molecule has 0 saturated heterocycles. The third-order valence-corrected chi connectivity index (χ3v) is 3.67. The molecule has 0 bridgehead atoms. The van der Waals surface area contributed by atoms with Gasteiger partial charge in [0.2, 0.25) is 0 Å². The fraction of sp³-hybridized carbons (Fsp3) is 1.00. The lowest BCUT2D eigenvalue weighted by Gasteiger charge is -2.08. The van der Waals surface area contributed by atoms with Crippen molar-refractivity contribution in [2.75, 3.05) is 0 Å². The first-order chi connectivity index (χ1) is 4.20. The monoisotopic (exact) mass is 185 g/mol. The second-order valence-electron chi connectivity index (χ2n) is 1.83. The van der Waals surface area contributed by atoms with Crippen molar-refractivity contribution in [3.8, 4) is 0 Å². The smallest absolute Gasteiger partial charge is 0.0585 e. The highest BCUT2D eigenvalue weighted by Gasteiger charge is 2.08. The van der Waals surface area contributed by atoms with E-state index in [0.717, 1.165) is 12.8 Å². The van der Waals surface area contributed by atoms with Gasteiger partial charge in [-0.05, 0) is 21.4 Å². The molecule has 0 fully saturated rings. The van der Waals surface area contributed by atoms with Gasteiger partial charge in [0.25, 0.3) is 0 Å². The third-order valence-electron chi connectivity index (χ3n) is 0.997. The van der Waals surface area contributed by atoms with Gasteiger partial charge < -0.3 is 0 Å². The van der Waals surface area contributed by atoms with E-state index in [2.05, 4.69) is 13.8 Å². The molecule has 1 radical (unpaired) electrons. The molecule has 0 aliphatic carbocycles. The first-order valence-corrected chi connectivity index (χ1v) is 5.09. The molecule has 55 valence electrons. The second kappa shape index (κ2) is 5.77. The average molecular weight is 186 g/mol. The molecule has 0 aromatic carbocycles. The zero-order valence-electron chi connectivity index (χ0n) is 5.77. The standard InChI is InChI=1S/C6H12Cl2P/c1-3-5(7)9-6(8)4-2/h5-6H,3-4H2,1-2H3. The van der Waals surface area contributed by atoms with E-state index in [-0.39, 0.29) is 10.2 Å². The molecule has 0 spiro atoms. The van der Waals surface area contributed by atoms with Crippen molar-refractivity contribution in [2.45, 2.75) is 36.9 Å². The zero-order valence-corrected chi connectivity index (χ0v) is 8.18. The summed E-state index contributed by atoms with van der Waals surface area (Å²) in [6.45, 7) is 4.15. The largest absolute Gasteiger partial charge is 0.118 e. The number of rotatable bonds is 4. The Morgan fingerprint density at radius 2 is 1.44 bits per heavy atom. The van der Waals surface area contributed by atoms with E-state index >= 15 is 0 Å². The van der Waals surface area contributed by atoms with E-state index in [9.17, 15) is 0 Å². The Balaban J connectivity index is 3.22. The van der Waals surface area contributed by atoms with Crippen molar-refractivity contribution >= 4 is 31.8 Å². The predicted molar refractivity (Wildman–Crippen MR) is 46.8 cm³/mol. The molecule has 0 N–H and O–H groups in total. The maximum atomic E-state index is 5.84. The summed E-state index contributed by atoms with van der Waals surface area (Å²) in [5.74, 6) is 0. The summed E-state index contributed by atoms with van der Waals surface area (Å²) in [5.41, 5.74) is 0. The minimum absolute atomic E-state index is 0.243. The highest BCUT2D eigenvalue weighted by molar-refractivity contribution is 7.44. The van der Waals surface area contributed by atoms with Gasteiger partial charge in [0.15, 0.2) is 0 Å². The van der Waals surface area contributed by atoms with Crippen LogP contribution in [-0.2, 0) is 0 Å². The van der Waals surface area contributed by atoms with Gasteiger partial charge >= 0.3 is 0 Å². The molecule has 0 heterocycles. The topological polar surface area (TPSA) is 0 Å². The van der Waals surface area contributed by atoms with Gasteiger partial charge in [-0.1, -0.05) is 13.8 Å². The molecule has 0 aliphatic rings. The zero-order chi connectivity index (χ0) is 7.28. The van der Waals surface area contributed by atoms with Crippen molar-refractivity contribution in [3.63, 3.8) is 0 Å². The Labute approximate surface area is 69.1 Å². The minimum Gasteiger partial charge on any atom is -0.118 e. The van der Waals surface area contributed by atoms with Gasteiger partial charge in [-0.25, -0.2) is 0 Å². The first kappa shape index (κ1) is 10.0. The molecule has 0 aliphatic heterocycles. The summed E-state index contributed by atoms with van der Waals surface area (Å²) in [7, 11) is 1.17. The summed E-state index contributed by atoms with van der Waals surface area (Å²) in [5, 5.41) is 0.486. The van der Waals surface area contributed by atoms with E-state index in [0.29, 0.717) is 0 Å². The number of hydrogen-bond acceptors (Lipinski definition) is 0. The molecular formula is C6H12Cl2P. The van der Waals surface area contributed by atoms with Gasteiger partial charge in [-0.15, -0.1) is 23.2 Å². The Kier molecular flexibility index (Phi) is 6.42. The molecule has 0 saturated carbocycles. The van der Waals surface area contributed by atoms with Crippen LogP contribution >= 0.6 is 31.8 Å². The second-order valence-corrected chi connectivity index (χ2v) is 5.04. The van der Waals surface area contributed by atoms with Crippen molar-refractivity contribution in [2.24, 2.45) is 0 Å². The van der Waals surface area contributed by atoms with Gasteiger partial charge in [0, 0.05) is 0 Å². The van der Waals surface area contributed by atoms with Crippen molar-refractivity contribution < 1.29 is 0 Å². The van der Waals surface area contributed by atoms with Crippen LogP contribution in [0.1, 0.15) is 26.7 Å². The molecule has 0 aromatic heterocycles. The lowest BCUT2D eigenvalue weighted by atomic mass is 10.6. The maximum Gasteiger partial charge on any atom is 0.0585 e. The van der Waals surface area contributed by atoms with Crippen LogP contribution in [0.15, 0.2) is 0 Å². The Hall–Kier alpha value is 1.01. The van der Waals surface area contributed by atoms with Crippen LogP contribution in [0.4, 0.5) is 0 Å². The lowest BCUT2D eigenvalue weighted by Crippen LogP contribution is -1.93. The third kappa shape index (κ3) is 5.45. The Morgan fingerprint density at radius 1 is 1.11 bits per heavy atom. The lowest BCUT2D eigenvalue weighted by molar-refractivity contribution is 0.999. The molecular weight excluding hydrogens is 174 g/mol. The molecule has 0 aromatic rings. The molecule has 3 heteroatoms. The Morgan fingerprint density at radius 3 is 1.67 bits per heavy atom. The van der Waals surface area contributed by atoms with Crippen molar-refractivity contribution in [1.29, 1.82) is 0 Å². The van der Waals surface area contributed by atoms with Crippen LogP contribution in [0.2, 0.25) is 0 Å². The number of alkyl halides is 2. The molecule has 0 amide bonds. The molecule has 9 heavy (non-hydrogen) atoms. The van der Waals surface area contributed by atoms with Crippen molar-refractivity contribution in [1.82, 2.24) is 0 Å². The predicted octanol–water partition coefficient (Wildman–Crippen LogP) is 3.88. The van der Waals surface area contributed by atoms with Gasteiger partial charge in [-0.3, -0.25) is 0 Å². The maximum absolute atomic E-state index is 5.84. The normalized spacial score (nSPS) is 18.7. The minimum atomic E-state index is 0.243. The molecule has 2 unspecified atom stereocenters. The van der Waals surface area contributed by atoms with E-state index in [4.69, 9.17) is 23.2 Å². The fourth-order valence-corrected chi connectivity index (χ4v) is 2.15. The molecule has 0 nitrogen and oxygen atoms in total. The van der Waals surface area contributed by atoms with E-state index in [1.165, 1.54) is 8.58 Å². The molecule has 0 rings (SSSR count). The van der Waals surface area contributed by atoms with Crippen LogP contribution in [0, 0.1) is 0 Å². The van der Waals surface area contributed by atoms with Gasteiger partial charge in [-0.2, -0.15) is 0 Å². The summed E-state index contributed by atoms with van der Waals surface area (Å²) >= 11 is 11.7. The highest BCUT2D eigenvalue weighted by atomic mass is 35.5. The number of hydrogen-bond donors (Lipinski definition) is 0. The quantitative estimate of drug-likeness (QED) is 0.461. The first-order valence-electron chi connectivity index (χ1n) is 3.18. The van der Waals surface area contributed by atoms with Gasteiger partial charge in [0.05, 0.1) is 10.2 Å². The van der Waals surface area contributed by atoms with E-state index in [1.807, 2.05) is 0 Å². The van der Waals surface area contributed by atoms with E-state index < -0.39 is 0 Å². The molecule has 2 atom stereocenters. The SMILES string of the molecule is CCC(Cl)[P]C(Cl)CC. The average Bonchev–Trinajstić information content (AvgIpc) is 1.87. The highest BCUT2D eigenvalue weighted by Crippen LogP contribution is 2.34. The van der Waals surface area contributed by atoms with E-state index in [1.54, 1.807) is 0 Å². The Bertz CT molecular complexity index is 60.1.